The molecule has 0 amide bonds. The summed E-state index contributed by atoms with van der Waals surface area (Å²) < 4.78 is 0. The van der Waals surface area contributed by atoms with E-state index in [0.717, 1.165) is 25.0 Å². The van der Waals surface area contributed by atoms with Crippen molar-refractivity contribution in [1.82, 2.24) is 4.98 Å². The van der Waals surface area contributed by atoms with Crippen molar-refractivity contribution in [1.29, 1.82) is 0 Å². The smallest absolute Gasteiger partial charge is 0.352 e. The summed E-state index contributed by atoms with van der Waals surface area (Å²) in [7, 11) is 0. The molecular weight excluding hydrogens is 206 g/mol. The summed E-state index contributed by atoms with van der Waals surface area (Å²) in [5.74, 6) is -0.876. The van der Waals surface area contributed by atoms with Crippen LogP contribution in [-0.4, -0.2) is 21.8 Å². The van der Waals surface area contributed by atoms with Crippen LogP contribution in [0.5, 0.6) is 0 Å². The molecule has 1 heterocycles. The average molecular weight is 221 g/mol. The molecule has 1 aliphatic carbocycles. The molecule has 0 saturated carbocycles. The maximum absolute atomic E-state index is 11.8. The van der Waals surface area contributed by atoms with E-state index >= 15 is 0 Å². The Bertz CT molecular complexity index is 445. The van der Waals surface area contributed by atoms with E-state index in [4.69, 9.17) is 5.11 Å². The van der Waals surface area contributed by atoms with E-state index in [9.17, 15) is 9.59 Å². The molecule has 0 bridgehead atoms. The van der Waals surface area contributed by atoms with Gasteiger partial charge in [0.05, 0.1) is 0 Å². The molecule has 2 rings (SSSR count). The Morgan fingerprint density at radius 3 is 2.81 bits per heavy atom. The highest BCUT2D eigenvalue weighted by Gasteiger charge is 2.27. The molecule has 0 fully saturated rings. The van der Waals surface area contributed by atoms with Crippen LogP contribution in [0.15, 0.2) is 0 Å². The fourth-order valence-corrected chi connectivity index (χ4v) is 2.35. The summed E-state index contributed by atoms with van der Waals surface area (Å²) in [5.41, 5.74) is 2.39. The number of aromatic amines is 1. The van der Waals surface area contributed by atoms with Crippen molar-refractivity contribution >= 4 is 11.8 Å². The molecular formula is C12H15NO3. The van der Waals surface area contributed by atoms with Gasteiger partial charge in [-0.05, 0) is 24.8 Å². The topological polar surface area (TPSA) is 70.2 Å². The summed E-state index contributed by atoms with van der Waals surface area (Å²) in [6.45, 7) is 1.98. The molecule has 2 N–H and O–H groups in total. The highest BCUT2D eigenvalue weighted by atomic mass is 16.4. The number of carboxylic acid groups (broad SMARTS) is 1. The van der Waals surface area contributed by atoms with Crippen LogP contribution in [0, 0.1) is 0 Å². The SMILES string of the molecule is CCCc1c(C(=O)O)[nH]c2c1C(=O)CCC2. The molecule has 0 spiro atoms. The van der Waals surface area contributed by atoms with Gasteiger partial charge < -0.3 is 10.1 Å². The summed E-state index contributed by atoms with van der Waals surface area (Å²) in [5, 5.41) is 9.09. The second-order valence-corrected chi connectivity index (χ2v) is 4.16. The Labute approximate surface area is 93.7 Å². The maximum Gasteiger partial charge on any atom is 0.352 e. The van der Waals surface area contributed by atoms with Crippen molar-refractivity contribution in [3.63, 3.8) is 0 Å². The number of aromatic carboxylic acids is 1. The van der Waals surface area contributed by atoms with Crippen molar-refractivity contribution < 1.29 is 14.7 Å². The monoisotopic (exact) mass is 221 g/mol. The first-order valence-corrected chi connectivity index (χ1v) is 5.65. The number of H-pyrrole nitrogens is 1. The Kier molecular flexibility index (Phi) is 2.81. The Balaban J connectivity index is 2.56. The fourth-order valence-electron chi connectivity index (χ4n) is 2.35. The zero-order chi connectivity index (χ0) is 11.7. The van der Waals surface area contributed by atoms with E-state index < -0.39 is 5.97 Å². The largest absolute Gasteiger partial charge is 0.477 e. The summed E-state index contributed by atoms with van der Waals surface area (Å²) in [6, 6.07) is 0. The molecule has 0 saturated heterocycles. The summed E-state index contributed by atoms with van der Waals surface area (Å²) in [4.78, 5) is 25.8. The minimum Gasteiger partial charge on any atom is -0.477 e. The number of hydrogen-bond donors (Lipinski definition) is 2. The maximum atomic E-state index is 11.8. The number of aromatic nitrogens is 1. The van der Waals surface area contributed by atoms with Crippen LogP contribution < -0.4 is 0 Å². The van der Waals surface area contributed by atoms with Crippen molar-refractivity contribution in [2.24, 2.45) is 0 Å². The molecule has 4 heteroatoms. The molecule has 0 aliphatic heterocycles. The van der Waals surface area contributed by atoms with Crippen LogP contribution >= 0.6 is 0 Å². The lowest BCUT2D eigenvalue weighted by Gasteiger charge is -2.11. The van der Waals surface area contributed by atoms with E-state index in [1.54, 1.807) is 0 Å². The first kappa shape index (κ1) is 10.9. The quantitative estimate of drug-likeness (QED) is 0.821. The number of rotatable bonds is 3. The lowest BCUT2D eigenvalue weighted by molar-refractivity contribution is 0.0689. The van der Waals surface area contributed by atoms with Gasteiger partial charge in [0.2, 0.25) is 0 Å². The molecule has 0 atom stereocenters. The third-order valence-electron chi connectivity index (χ3n) is 3.00. The number of ketones is 1. The number of carbonyl (C=O) groups is 2. The van der Waals surface area contributed by atoms with Crippen molar-refractivity contribution in [3.8, 4) is 0 Å². The third-order valence-corrected chi connectivity index (χ3v) is 3.00. The molecule has 1 aromatic heterocycles. The summed E-state index contributed by atoms with van der Waals surface area (Å²) in [6.07, 6.45) is 3.64. The van der Waals surface area contributed by atoms with Gasteiger partial charge in [0.1, 0.15) is 5.69 Å². The first-order chi connectivity index (χ1) is 7.65. The number of carbonyl (C=O) groups excluding carboxylic acids is 1. The molecule has 0 radical (unpaired) electrons. The van der Waals surface area contributed by atoms with Gasteiger partial charge in [0.25, 0.3) is 0 Å². The van der Waals surface area contributed by atoms with E-state index in [2.05, 4.69) is 4.98 Å². The average Bonchev–Trinajstić information content (AvgIpc) is 2.59. The molecule has 0 aromatic carbocycles. The third kappa shape index (κ3) is 1.64. The van der Waals surface area contributed by atoms with E-state index in [1.165, 1.54) is 0 Å². The minimum atomic E-state index is -0.967. The zero-order valence-electron chi connectivity index (χ0n) is 9.30. The van der Waals surface area contributed by atoms with E-state index in [-0.39, 0.29) is 11.5 Å². The van der Waals surface area contributed by atoms with Crippen LogP contribution in [0.3, 0.4) is 0 Å². The van der Waals surface area contributed by atoms with Gasteiger partial charge in [-0.15, -0.1) is 0 Å². The van der Waals surface area contributed by atoms with Crippen LogP contribution in [0.4, 0.5) is 0 Å². The van der Waals surface area contributed by atoms with Crippen LogP contribution in [0.25, 0.3) is 0 Å². The minimum absolute atomic E-state index is 0.0912. The van der Waals surface area contributed by atoms with Gasteiger partial charge in [-0.3, -0.25) is 4.79 Å². The number of fused-ring (bicyclic) bond motifs is 1. The van der Waals surface area contributed by atoms with Crippen molar-refractivity contribution in [2.75, 3.05) is 0 Å². The van der Waals surface area contributed by atoms with Gasteiger partial charge in [0, 0.05) is 17.7 Å². The zero-order valence-corrected chi connectivity index (χ0v) is 9.30. The normalized spacial score (nSPS) is 14.9. The Hall–Kier alpha value is -1.58. The van der Waals surface area contributed by atoms with Crippen LogP contribution in [-0.2, 0) is 12.8 Å². The van der Waals surface area contributed by atoms with Crippen LogP contribution in [0.1, 0.15) is 58.3 Å². The van der Waals surface area contributed by atoms with Gasteiger partial charge >= 0.3 is 5.97 Å². The summed E-state index contributed by atoms with van der Waals surface area (Å²) >= 11 is 0. The lowest BCUT2D eigenvalue weighted by atomic mass is 9.91. The van der Waals surface area contributed by atoms with Crippen molar-refractivity contribution in [3.05, 3.63) is 22.5 Å². The molecule has 16 heavy (non-hydrogen) atoms. The molecule has 0 unspecified atom stereocenters. The van der Waals surface area contributed by atoms with Crippen LogP contribution in [0.2, 0.25) is 0 Å². The number of hydrogen-bond acceptors (Lipinski definition) is 2. The van der Waals surface area contributed by atoms with E-state index in [1.807, 2.05) is 6.92 Å². The second-order valence-electron chi connectivity index (χ2n) is 4.16. The van der Waals surface area contributed by atoms with Gasteiger partial charge in [-0.2, -0.15) is 0 Å². The number of nitrogens with one attached hydrogen (secondary N) is 1. The standard InChI is InChI=1S/C12H15NO3/c1-2-4-7-10-8(5-3-6-9(10)14)13-11(7)12(15)16/h13H,2-6H2,1H3,(H,15,16). The number of carboxylic acids is 1. The highest BCUT2D eigenvalue weighted by Crippen LogP contribution is 2.28. The lowest BCUT2D eigenvalue weighted by Crippen LogP contribution is -2.11. The second kappa shape index (κ2) is 4.12. The van der Waals surface area contributed by atoms with E-state index in [0.29, 0.717) is 24.0 Å². The van der Waals surface area contributed by atoms with Crippen molar-refractivity contribution in [2.45, 2.75) is 39.0 Å². The van der Waals surface area contributed by atoms with Gasteiger partial charge in [-0.1, -0.05) is 13.3 Å². The molecule has 1 aliphatic rings. The number of aryl methyl sites for hydroxylation is 1. The number of Topliss-reactive ketones (excluding diaryl/α,β-unsaturated/α-hetero) is 1. The first-order valence-electron chi connectivity index (χ1n) is 5.65. The molecule has 86 valence electrons. The Morgan fingerprint density at radius 1 is 1.44 bits per heavy atom. The Morgan fingerprint density at radius 2 is 2.19 bits per heavy atom. The van der Waals surface area contributed by atoms with Gasteiger partial charge in [0.15, 0.2) is 5.78 Å². The predicted octanol–water partition coefficient (Wildman–Crippen LogP) is 2.18. The van der Waals surface area contributed by atoms with Gasteiger partial charge in [-0.25, -0.2) is 4.79 Å². The highest BCUT2D eigenvalue weighted by molar-refractivity contribution is 6.03. The molecule has 1 aromatic rings. The molecule has 4 nitrogen and oxygen atoms in total. The predicted molar refractivity (Wildman–Crippen MR) is 59.0 cm³/mol. The fraction of sp³-hybridized carbons (Fsp3) is 0.500.